The molecule has 2 bridgehead atoms. The number of aromatic nitrogens is 2. The Morgan fingerprint density at radius 3 is 1.95 bits per heavy atom. The first-order valence-corrected chi connectivity index (χ1v) is 7.52. The summed E-state index contributed by atoms with van der Waals surface area (Å²) in [6.45, 7) is 0. The monoisotopic (exact) mass is 258 g/mol. The lowest BCUT2D eigenvalue weighted by Gasteiger charge is -2.20. The van der Waals surface area contributed by atoms with Crippen LogP contribution in [-0.4, -0.2) is 9.97 Å². The summed E-state index contributed by atoms with van der Waals surface area (Å²) in [5, 5.41) is 0. The van der Waals surface area contributed by atoms with Gasteiger partial charge in [0.05, 0.1) is 11.4 Å². The minimum Gasteiger partial charge on any atom is -0.254 e. The van der Waals surface area contributed by atoms with Crippen molar-refractivity contribution in [2.45, 2.75) is 11.8 Å². The smallest absolute Gasteiger partial charge is 0.0930 e. The van der Waals surface area contributed by atoms with E-state index in [2.05, 4.69) is 46.4 Å². The summed E-state index contributed by atoms with van der Waals surface area (Å²) < 4.78 is 0. The van der Waals surface area contributed by atoms with E-state index in [9.17, 15) is 0 Å². The summed E-state index contributed by atoms with van der Waals surface area (Å²) in [6.07, 6.45) is 10.1. The second kappa shape index (κ2) is 2.88. The van der Waals surface area contributed by atoms with E-state index in [1.54, 1.807) is 0 Å². The predicted molar refractivity (Wildman–Crippen MR) is 76.0 cm³/mol. The van der Waals surface area contributed by atoms with Gasteiger partial charge in [-0.05, 0) is 53.4 Å². The molecule has 0 saturated heterocycles. The molecule has 2 aromatic rings. The molecule has 0 amide bonds. The number of fused-ring (bicyclic) bond motifs is 12. The van der Waals surface area contributed by atoms with Crippen molar-refractivity contribution in [1.82, 2.24) is 9.97 Å². The number of rotatable bonds is 0. The van der Waals surface area contributed by atoms with E-state index in [1.807, 2.05) is 12.4 Å². The van der Waals surface area contributed by atoms with Crippen molar-refractivity contribution >= 4 is 0 Å². The third-order valence-electron chi connectivity index (χ3n) is 6.13. The molecule has 1 spiro atoms. The fourth-order valence-electron chi connectivity index (χ4n) is 5.66. The fraction of sp³-hybridized carbons (Fsp3) is 0.333. The van der Waals surface area contributed by atoms with Gasteiger partial charge >= 0.3 is 0 Å². The van der Waals surface area contributed by atoms with Crippen molar-refractivity contribution < 1.29 is 0 Å². The molecule has 2 heterocycles. The summed E-state index contributed by atoms with van der Waals surface area (Å²) in [5.74, 6) is 3.16. The molecule has 0 aliphatic heterocycles. The summed E-state index contributed by atoms with van der Waals surface area (Å²) in [4.78, 5) is 9.30. The molecule has 0 N–H and O–H groups in total. The zero-order valence-corrected chi connectivity index (χ0v) is 11.0. The average Bonchev–Trinajstić information content (AvgIpc) is 2.80. The number of pyridine rings is 2. The second-order valence-corrected chi connectivity index (χ2v) is 6.67. The average molecular weight is 258 g/mol. The van der Waals surface area contributed by atoms with Gasteiger partial charge < -0.3 is 0 Å². The normalized spacial score (nSPS) is 36.0. The van der Waals surface area contributed by atoms with Gasteiger partial charge in [-0.1, -0.05) is 24.3 Å². The Morgan fingerprint density at radius 2 is 1.40 bits per heavy atom. The van der Waals surface area contributed by atoms with Crippen LogP contribution in [0.4, 0.5) is 0 Å². The largest absolute Gasteiger partial charge is 0.254 e. The highest BCUT2D eigenvalue weighted by Crippen LogP contribution is 2.79. The van der Waals surface area contributed by atoms with E-state index in [1.165, 1.54) is 17.5 Å². The maximum Gasteiger partial charge on any atom is 0.0930 e. The second-order valence-electron chi connectivity index (χ2n) is 6.67. The quantitative estimate of drug-likeness (QED) is 0.678. The minimum atomic E-state index is 0.240. The molecule has 0 aromatic carbocycles. The Bertz CT molecular complexity index is 726. The highest BCUT2D eigenvalue weighted by atomic mass is 14.9. The molecule has 4 atom stereocenters. The molecule has 4 aliphatic carbocycles. The molecule has 0 unspecified atom stereocenters. The van der Waals surface area contributed by atoms with Crippen LogP contribution in [0.15, 0.2) is 48.8 Å². The molecular weight excluding hydrogens is 244 g/mol. The van der Waals surface area contributed by atoms with E-state index in [0.717, 1.165) is 35.1 Å². The first-order valence-electron chi connectivity index (χ1n) is 7.52. The van der Waals surface area contributed by atoms with E-state index < -0.39 is 0 Å². The van der Waals surface area contributed by atoms with Gasteiger partial charge in [0.15, 0.2) is 0 Å². The standard InChI is InChI=1S/C18H14N2/c1-3-12-16(19-7-1)17-13(4-2-8-20-17)18(12)14-10-5-6-11(9-10)15(14)18/h1-8,10-11,14-15H,9H2/t10-,11+,14+,15-. The van der Waals surface area contributed by atoms with Crippen molar-refractivity contribution in [3.8, 4) is 11.4 Å². The highest BCUT2D eigenvalue weighted by Gasteiger charge is 2.77. The molecule has 2 saturated carbocycles. The van der Waals surface area contributed by atoms with E-state index in [4.69, 9.17) is 0 Å². The predicted octanol–water partition coefficient (Wildman–Crippen LogP) is 3.20. The van der Waals surface area contributed by atoms with E-state index in [-0.39, 0.29) is 5.41 Å². The van der Waals surface area contributed by atoms with Crippen molar-refractivity contribution in [3.63, 3.8) is 0 Å². The highest BCUT2D eigenvalue weighted by molar-refractivity contribution is 5.79. The first kappa shape index (κ1) is 9.87. The van der Waals surface area contributed by atoms with Crippen LogP contribution in [0, 0.1) is 23.7 Å². The summed E-state index contributed by atoms with van der Waals surface area (Å²) in [5.41, 5.74) is 5.41. The van der Waals surface area contributed by atoms with Crippen LogP contribution in [0.2, 0.25) is 0 Å². The summed E-state index contributed by atoms with van der Waals surface area (Å²) in [6, 6.07) is 8.77. The summed E-state index contributed by atoms with van der Waals surface area (Å²) in [7, 11) is 0. The van der Waals surface area contributed by atoms with Crippen molar-refractivity contribution in [2.75, 3.05) is 0 Å². The number of hydrogen-bond acceptors (Lipinski definition) is 2. The van der Waals surface area contributed by atoms with Crippen LogP contribution in [0.5, 0.6) is 0 Å². The lowest BCUT2D eigenvalue weighted by atomic mass is 9.82. The molecule has 2 heteroatoms. The molecular formula is C18H14N2. The zero-order chi connectivity index (χ0) is 12.9. The molecule has 2 fully saturated rings. The number of nitrogens with zero attached hydrogens (tertiary/aromatic N) is 2. The van der Waals surface area contributed by atoms with Crippen molar-refractivity contribution in [1.29, 1.82) is 0 Å². The Labute approximate surface area is 117 Å². The maximum absolute atomic E-state index is 4.65. The topological polar surface area (TPSA) is 25.8 Å². The molecule has 0 radical (unpaired) electrons. The molecule has 2 aromatic heterocycles. The molecule has 6 rings (SSSR count). The van der Waals surface area contributed by atoms with Gasteiger partial charge in [0.1, 0.15) is 0 Å². The van der Waals surface area contributed by atoms with Gasteiger partial charge in [0.25, 0.3) is 0 Å². The molecule has 2 nitrogen and oxygen atoms in total. The maximum atomic E-state index is 4.65. The van der Waals surface area contributed by atoms with Gasteiger partial charge in [-0.2, -0.15) is 0 Å². The number of allylic oxidation sites excluding steroid dienone is 2. The number of hydrogen-bond donors (Lipinski definition) is 0. The lowest BCUT2D eigenvalue weighted by Crippen LogP contribution is -2.17. The molecule has 4 aliphatic rings. The fourth-order valence-corrected chi connectivity index (χ4v) is 5.66. The third-order valence-corrected chi connectivity index (χ3v) is 6.13. The van der Waals surface area contributed by atoms with Gasteiger partial charge in [0, 0.05) is 17.8 Å². The van der Waals surface area contributed by atoms with Crippen molar-refractivity contribution in [3.05, 3.63) is 59.9 Å². The Hall–Kier alpha value is -1.96. The zero-order valence-electron chi connectivity index (χ0n) is 11.0. The van der Waals surface area contributed by atoms with Crippen LogP contribution in [-0.2, 0) is 5.41 Å². The van der Waals surface area contributed by atoms with Gasteiger partial charge in [-0.3, -0.25) is 9.97 Å². The minimum absolute atomic E-state index is 0.240. The lowest BCUT2D eigenvalue weighted by molar-refractivity contribution is 0.483. The van der Waals surface area contributed by atoms with Crippen LogP contribution in [0.1, 0.15) is 17.5 Å². The SMILES string of the molecule is C1=C[C@H]2C[C@@H]1[C@H]1[C@@H]2C12c1cccnc1-c1ncccc12. The molecule has 96 valence electrons. The van der Waals surface area contributed by atoms with E-state index >= 15 is 0 Å². The Kier molecular flexibility index (Phi) is 1.42. The van der Waals surface area contributed by atoms with E-state index in [0.29, 0.717) is 0 Å². The Morgan fingerprint density at radius 1 is 0.850 bits per heavy atom. The molecule has 20 heavy (non-hydrogen) atoms. The van der Waals surface area contributed by atoms with Crippen molar-refractivity contribution in [2.24, 2.45) is 23.7 Å². The van der Waals surface area contributed by atoms with Gasteiger partial charge in [-0.15, -0.1) is 0 Å². The van der Waals surface area contributed by atoms with Crippen LogP contribution in [0.3, 0.4) is 0 Å². The summed E-state index contributed by atoms with van der Waals surface area (Å²) >= 11 is 0. The Balaban J connectivity index is 1.69. The van der Waals surface area contributed by atoms with Crippen LogP contribution >= 0.6 is 0 Å². The van der Waals surface area contributed by atoms with Gasteiger partial charge in [-0.25, -0.2) is 0 Å². The first-order chi connectivity index (χ1) is 9.92. The van der Waals surface area contributed by atoms with Gasteiger partial charge in [0.2, 0.25) is 0 Å². The third kappa shape index (κ3) is 0.807. The van der Waals surface area contributed by atoms with Crippen LogP contribution < -0.4 is 0 Å². The van der Waals surface area contributed by atoms with Crippen LogP contribution in [0.25, 0.3) is 11.4 Å².